The summed E-state index contributed by atoms with van der Waals surface area (Å²) in [6, 6.07) is 26.0. The lowest BCUT2D eigenvalue weighted by molar-refractivity contribution is 0.482. The molecule has 36 heavy (non-hydrogen) atoms. The van der Waals surface area contributed by atoms with Crippen LogP contribution in [0.2, 0.25) is 20.1 Å². The van der Waals surface area contributed by atoms with Gasteiger partial charge in [0.2, 0.25) is 0 Å². The van der Waals surface area contributed by atoms with Gasteiger partial charge in [-0.25, -0.2) is 0 Å². The fourth-order valence-corrected chi connectivity index (χ4v) is 4.91. The zero-order chi connectivity index (χ0) is 25.1. The molecule has 184 valence electrons. The molecule has 4 nitrogen and oxygen atoms in total. The van der Waals surface area contributed by atoms with Gasteiger partial charge < -0.3 is 19.3 Å². The molecule has 0 aliphatic carbocycles. The van der Waals surface area contributed by atoms with Gasteiger partial charge in [-0.2, -0.15) is 0 Å². The summed E-state index contributed by atoms with van der Waals surface area (Å²) in [5.41, 5.74) is 1.97. The molecule has 0 unspecified atom stereocenters. The number of anilines is 2. The highest BCUT2D eigenvalue weighted by molar-refractivity contribution is 6.34. The summed E-state index contributed by atoms with van der Waals surface area (Å²) < 4.78 is 11.8. The van der Waals surface area contributed by atoms with Crippen LogP contribution in [-0.4, -0.2) is 26.2 Å². The Morgan fingerprint density at radius 1 is 0.444 bits per heavy atom. The Balaban J connectivity index is 1.20. The van der Waals surface area contributed by atoms with Crippen molar-refractivity contribution < 1.29 is 9.47 Å². The molecule has 0 spiro atoms. The lowest BCUT2D eigenvalue weighted by atomic mass is 10.2. The van der Waals surface area contributed by atoms with E-state index in [4.69, 9.17) is 55.9 Å². The predicted molar refractivity (Wildman–Crippen MR) is 150 cm³/mol. The Labute approximate surface area is 230 Å². The van der Waals surface area contributed by atoms with Crippen LogP contribution in [0.5, 0.6) is 23.0 Å². The van der Waals surface area contributed by atoms with Crippen molar-refractivity contribution in [2.75, 3.05) is 36.0 Å². The smallest absolute Gasteiger partial charge is 0.129 e. The first-order valence-electron chi connectivity index (χ1n) is 11.4. The highest BCUT2D eigenvalue weighted by atomic mass is 35.5. The van der Waals surface area contributed by atoms with Gasteiger partial charge in [0.25, 0.3) is 0 Å². The van der Waals surface area contributed by atoms with E-state index in [0.29, 0.717) is 43.1 Å². The molecule has 4 aromatic rings. The fourth-order valence-electron chi connectivity index (χ4n) is 4.08. The lowest BCUT2D eigenvalue weighted by Crippen LogP contribution is -2.46. The van der Waals surface area contributed by atoms with E-state index in [1.165, 1.54) is 0 Å². The number of benzene rings is 4. The second-order valence-corrected chi connectivity index (χ2v) is 10.00. The van der Waals surface area contributed by atoms with Crippen LogP contribution in [0, 0.1) is 0 Å². The normalized spacial score (nSPS) is 13.6. The van der Waals surface area contributed by atoms with Gasteiger partial charge in [0, 0.05) is 48.4 Å². The molecule has 0 radical (unpaired) electrons. The number of ether oxygens (including phenoxy) is 2. The van der Waals surface area contributed by atoms with Crippen LogP contribution < -0.4 is 19.3 Å². The van der Waals surface area contributed by atoms with Crippen molar-refractivity contribution >= 4 is 57.8 Å². The van der Waals surface area contributed by atoms with Gasteiger partial charge in [0.1, 0.15) is 23.0 Å². The molecule has 8 heteroatoms. The highest BCUT2D eigenvalue weighted by Gasteiger charge is 2.21. The van der Waals surface area contributed by atoms with Crippen LogP contribution in [0.3, 0.4) is 0 Å². The standard InChI is InChI=1S/C28H22Cl4N2O2/c29-19-1-5-21(6-2-19)35-23-9-11-27(25(31)17-23)33-13-15-34(16-14-33)28-12-10-24(18-26(28)32)36-22-7-3-20(30)4-8-22/h1-12,17-18H,13-16H2. The van der Waals surface area contributed by atoms with Gasteiger partial charge in [0.05, 0.1) is 21.4 Å². The van der Waals surface area contributed by atoms with Crippen molar-refractivity contribution in [3.63, 3.8) is 0 Å². The van der Waals surface area contributed by atoms with Crippen LogP contribution in [0.25, 0.3) is 0 Å². The summed E-state index contributed by atoms with van der Waals surface area (Å²) in [5.74, 6) is 2.77. The number of rotatable bonds is 6. The molecular weight excluding hydrogens is 538 g/mol. The summed E-state index contributed by atoms with van der Waals surface area (Å²) in [4.78, 5) is 4.55. The third kappa shape index (κ3) is 5.96. The van der Waals surface area contributed by atoms with Crippen molar-refractivity contribution in [2.24, 2.45) is 0 Å². The first-order chi connectivity index (χ1) is 17.4. The second-order valence-electron chi connectivity index (χ2n) is 8.31. The van der Waals surface area contributed by atoms with E-state index < -0.39 is 0 Å². The van der Waals surface area contributed by atoms with E-state index in [2.05, 4.69) is 9.80 Å². The molecule has 0 atom stereocenters. The van der Waals surface area contributed by atoms with Gasteiger partial charge in [0.15, 0.2) is 0 Å². The predicted octanol–water partition coefficient (Wildman–Crippen LogP) is 9.21. The summed E-state index contributed by atoms with van der Waals surface area (Å²) >= 11 is 25.1. The lowest BCUT2D eigenvalue weighted by Gasteiger charge is -2.38. The maximum absolute atomic E-state index is 6.63. The number of hydrogen-bond donors (Lipinski definition) is 0. The van der Waals surface area contributed by atoms with Crippen LogP contribution >= 0.6 is 46.4 Å². The summed E-state index contributed by atoms with van der Waals surface area (Å²) in [6.07, 6.45) is 0. The average molecular weight is 560 g/mol. The third-order valence-corrected chi connectivity index (χ3v) is 7.01. The van der Waals surface area contributed by atoms with E-state index in [9.17, 15) is 0 Å². The Bertz CT molecular complexity index is 1230. The Morgan fingerprint density at radius 3 is 1.11 bits per heavy atom. The molecule has 0 N–H and O–H groups in total. The first kappa shape index (κ1) is 24.9. The molecule has 1 heterocycles. The van der Waals surface area contributed by atoms with Crippen molar-refractivity contribution in [1.82, 2.24) is 0 Å². The Hall–Kier alpha value is -2.76. The summed E-state index contributed by atoms with van der Waals surface area (Å²) in [5, 5.41) is 2.63. The van der Waals surface area contributed by atoms with Crippen LogP contribution in [0.15, 0.2) is 84.9 Å². The quantitative estimate of drug-likeness (QED) is 0.235. The van der Waals surface area contributed by atoms with Gasteiger partial charge in [-0.05, 0) is 72.8 Å². The first-order valence-corrected chi connectivity index (χ1v) is 12.9. The van der Waals surface area contributed by atoms with E-state index in [1.54, 1.807) is 24.3 Å². The highest BCUT2D eigenvalue weighted by Crippen LogP contribution is 2.36. The third-order valence-electron chi connectivity index (χ3n) is 5.90. The number of hydrogen-bond acceptors (Lipinski definition) is 4. The van der Waals surface area contributed by atoms with Crippen LogP contribution in [-0.2, 0) is 0 Å². The molecule has 5 rings (SSSR count). The van der Waals surface area contributed by atoms with Crippen molar-refractivity contribution in [3.8, 4) is 23.0 Å². The minimum atomic E-state index is 0.650. The van der Waals surface area contributed by atoms with Gasteiger partial charge in [-0.15, -0.1) is 0 Å². The van der Waals surface area contributed by atoms with E-state index in [0.717, 1.165) is 37.6 Å². The molecule has 4 aromatic carbocycles. The molecular formula is C28H22Cl4N2O2. The molecule has 1 aliphatic rings. The molecule has 0 saturated carbocycles. The van der Waals surface area contributed by atoms with Crippen molar-refractivity contribution in [3.05, 3.63) is 105 Å². The maximum Gasteiger partial charge on any atom is 0.129 e. The van der Waals surface area contributed by atoms with Gasteiger partial charge in [-0.3, -0.25) is 0 Å². The molecule has 1 aliphatic heterocycles. The largest absolute Gasteiger partial charge is 0.457 e. The SMILES string of the molecule is Clc1ccc(Oc2ccc(N3CCN(c4ccc(Oc5ccc(Cl)cc5)cc4Cl)CC3)c(Cl)c2)cc1. The second kappa shape index (κ2) is 11.1. The van der Waals surface area contributed by atoms with E-state index in [-0.39, 0.29) is 0 Å². The van der Waals surface area contributed by atoms with E-state index in [1.807, 2.05) is 60.7 Å². The molecule has 0 bridgehead atoms. The average Bonchev–Trinajstić information content (AvgIpc) is 2.87. The number of piperazine rings is 1. The van der Waals surface area contributed by atoms with Crippen LogP contribution in [0.1, 0.15) is 0 Å². The minimum absolute atomic E-state index is 0.650. The maximum atomic E-state index is 6.63. The molecule has 1 saturated heterocycles. The van der Waals surface area contributed by atoms with Crippen LogP contribution in [0.4, 0.5) is 11.4 Å². The fraction of sp³-hybridized carbons (Fsp3) is 0.143. The number of halogens is 4. The topological polar surface area (TPSA) is 24.9 Å². The zero-order valence-electron chi connectivity index (χ0n) is 19.1. The van der Waals surface area contributed by atoms with E-state index >= 15 is 0 Å². The molecule has 1 fully saturated rings. The molecule has 0 aromatic heterocycles. The summed E-state index contributed by atoms with van der Waals surface area (Å²) in [7, 11) is 0. The monoisotopic (exact) mass is 558 g/mol. The van der Waals surface area contributed by atoms with Crippen molar-refractivity contribution in [1.29, 1.82) is 0 Å². The minimum Gasteiger partial charge on any atom is -0.457 e. The summed E-state index contributed by atoms with van der Waals surface area (Å²) in [6.45, 7) is 3.26. The Kier molecular flexibility index (Phi) is 7.68. The van der Waals surface area contributed by atoms with Gasteiger partial charge >= 0.3 is 0 Å². The number of nitrogens with zero attached hydrogens (tertiary/aromatic N) is 2. The molecule has 0 amide bonds. The Morgan fingerprint density at radius 2 is 0.778 bits per heavy atom. The zero-order valence-corrected chi connectivity index (χ0v) is 22.2. The van der Waals surface area contributed by atoms with Gasteiger partial charge in [-0.1, -0.05) is 46.4 Å². The van der Waals surface area contributed by atoms with Crippen molar-refractivity contribution in [2.45, 2.75) is 0 Å².